The predicted molar refractivity (Wildman–Crippen MR) is 191 cm³/mol. The minimum Gasteiger partial charge on any atom is -0.456 e. The molecule has 6 aromatic carbocycles. The molecule has 4 aromatic heterocycles. The molecule has 0 aliphatic carbocycles. The molecule has 224 valence electrons. The maximum atomic E-state index is 6.68. The van der Waals surface area contributed by atoms with Crippen LogP contribution in [-0.2, 0) is 0 Å². The number of aromatic nitrogens is 4. The molecule has 48 heavy (non-hydrogen) atoms. The van der Waals surface area contributed by atoms with Crippen LogP contribution in [0.15, 0.2) is 155 Å². The van der Waals surface area contributed by atoms with E-state index in [1.807, 2.05) is 103 Å². The van der Waals surface area contributed by atoms with Gasteiger partial charge in [-0.05, 0) is 59.0 Å². The van der Waals surface area contributed by atoms with Crippen molar-refractivity contribution in [3.63, 3.8) is 0 Å². The van der Waals surface area contributed by atoms with Gasteiger partial charge in [-0.25, -0.2) is 15.0 Å². The first-order valence-corrected chi connectivity index (χ1v) is 15.8. The normalized spacial score (nSPS) is 11.8. The Balaban J connectivity index is 1.32. The maximum Gasteiger partial charge on any atom is 0.164 e. The third-order valence-electron chi connectivity index (χ3n) is 8.98. The molecule has 0 saturated carbocycles. The molecule has 0 radical (unpaired) electrons. The van der Waals surface area contributed by atoms with E-state index < -0.39 is 0 Å². The van der Waals surface area contributed by atoms with Gasteiger partial charge in [0, 0.05) is 56.0 Å². The molecular weight excluding hydrogens is 592 g/mol. The fraction of sp³-hybridized carbons (Fsp3) is 0. The number of hydrogen-bond donors (Lipinski definition) is 0. The summed E-state index contributed by atoms with van der Waals surface area (Å²) in [5, 5.41) is 6.12. The summed E-state index contributed by atoms with van der Waals surface area (Å²) in [6, 6.07) is 45.0. The number of nitrogens with zero attached hydrogens (tertiary/aromatic N) is 4. The number of pyridine rings is 1. The lowest BCUT2D eigenvalue weighted by atomic mass is 9.95. The predicted octanol–water partition coefficient (Wildman–Crippen LogP) is 10.9. The SMILES string of the molecule is c1ccc(-c2nc(-c3ccccc3)nc(-c3cc(-c4cccc5oc6ccccc6c45)cc4oc5cc6ccncc6cc5c34)n2)cc1. The van der Waals surface area contributed by atoms with Crippen molar-refractivity contribution in [3.8, 4) is 45.3 Å². The van der Waals surface area contributed by atoms with Crippen molar-refractivity contribution in [1.82, 2.24) is 19.9 Å². The Hall–Kier alpha value is -6.66. The van der Waals surface area contributed by atoms with Crippen molar-refractivity contribution in [2.45, 2.75) is 0 Å². The van der Waals surface area contributed by atoms with E-state index in [1.54, 1.807) is 6.20 Å². The van der Waals surface area contributed by atoms with Gasteiger partial charge in [0.15, 0.2) is 17.5 Å². The molecule has 10 aromatic rings. The molecular formula is C42H24N4O2. The summed E-state index contributed by atoms with van der Waals surface area (Å²) >= 11 is 0. The Morgan fingerprint density at radius 1 is 0.396 bits per heavy atom. The summed E-state index contributed by atoms with van der Waals surface area (Å²) in [4.78, 5) is 19.6. The van der Waals surface area contributed by atoms with Crippen molar-refractivity contribution in [2.75, 3.05) is 0 Å². The zero-order valence-electron chi connectivity index (χ0n) is 25.5. The topological polar surface area (TPSA) is 77.8 Å². The Kier molecular flexibility index (Phi) is 5.77. The highest BCUT2D eigenvalue weighted by Crippen LogP contribution is 2.43. The first-order chi connectivity index (χ1) is 23.8. The average molecular weight is 617 g/mol. The van der Waals surface area contributed by atoms with Crippen LogP contribution in [0.2, 0.25) is 0 Å². The maximum absolute atomic E-state index is 6.68. The van der Waals surface area contributed by atoms with E-state index in [0.717, 1.165) is 82.5 Å². The van der Waals surface area contributed by atoms with Gasteiger partial charge in [0.2, 0.25) is 0 Å². The summed E-state index contributed by atoms with van der Waals surface area (Å²) in [6.07, 6.45) is 3.69. The molecule has 6 heteroatoms. The number of para-hydroxylation sites is 1. The van der Waals surface area contributed by atoms with Gasteiger partial charge in [0.1, 0.15) is 22.3 Å². The molecule has 0 spiro atoms. The second kappa shape index (κ2) is 10.4. The smallest absolute Gasteiger partial charge is 0.164 e. The zero-order chi connectivity index (χ0) is 31.6. The van der Waals surface area contributed by atoms with Crippen LogP contribution >= 0.6 is 0 Å². The minimum absolute atomic E-state index is 0.563. The Bertz CT molecular complexity index is 2780. The van der Waals surface area contributed by atoms with Gasteiger partial charge in [0.05, 0.1) is 0 Å². The Labute approximate surface area is 274 Å². The van der Waals surface area contributed by atoms with Crippen molar-refractivity contribution >= 4 is 54.6 Å². The highest BCUT2D eigenvalue weighted by molar-refractivity contribution is 6.18. The van der Waals surface area contributed by atoms with E-state index in [2.05, 4.69) is 41.4 Å². The number of furan rings is 2. The molecule has 0 fully saturated rings. The van der Waals surface area contributed by atoms with Crippen LogP contribution < -0.4 is 0 Å². The first kappa shape index (κ1) is 26.5. The van der Waals surface area contributed by atoms with E-state index in [-0.39, 0.29) is 0 Å². The van der Waals surface area contributed by atoms with Crippen LogP contribution in [0.5, 0.6) is 0 Å². The standard InChI is InChI=1S/C42H24N4O2/c1-3-10-25(11-4-1)40-44-41(26-12-5-2-6-13-26)46-42(45-40)33-20-28(30-15-9-17-35-38(30)31-14-7-8-16-34(31)47-35)23-37-39(33)32-21-29-24-43-19-18-27(29)22-36(32)48-37/h1-24H. The number of fused-ring (bicyclic) bond motifs is 7. The van der Waals surface area contributed by atoms with Crippen LogP contribution in [0.3, 0.4) is 0 Å². The van der Waals surface area contributed by atoms with Crippen LogP contribution in [0.25, 0.3) is 99.9 Å². The summed E-state index contributed by atoms with van der Waals surface area (Å²) in [6.45, 7) is 0. The largest absolute Gasteiger partial charge is 0.456 e. The summed E-state index contributed by atoms with van der Waals surface area (Å²) in [5.41, 5.74) is 7.90. The van der Waals surface area contributed by atoms with E-state index in [9.17, 15) is 0 Å². The molecule has 0 bridgehead atoms. The lowest BCUT2D eigenvalue weighted by molar-refractivity contribution is 0.668. The van der Waals surface area contributed by atoms with Crippen LogP contribution in [0, 0.1) is 0 Å². The van der Waals surface area contributed by atoms with Gasteiger partial charge in [-0.1, -0.05) is 91.0 Å². The van der Waals surface area contributed by atoms with Gasteiger partial charge >= 0.3 is 0 Å². The van der Waals surface area contributed by atoms with E-state index in [0.29, 0.717) is 17.5 Å². The van der Waals surface area contributed by atoms with Crippen molar-refractivity contribution < 1.29 is 8.83 Å². The molecule has 4 heterocycles. The van der Waals surface area contributed by atoms with Crippen LogP contribution in [0.4, 0.5) is 0 Å². The van der Waals surface area contributed by atoms with Gasteiger partial charge in [-0.3, -0.25) is 4.98 Å². The number of benzene rings is 6. The van der Waals surface area contributed by atoms with Gasteiger partial charge in [0.25, 0.3) is 0 Å². The van der Waals surface area contributed by atoms with E-state index >= 15 is 0 Å². The third kappa shape index (κ3) is 4.20. The monoisotopic (exact) mass is 616 g/mol. The number of rotatable bonds is 4. The molecule has 0 aliphatic heterocycles. The Morgan fingerprint density at radius 2 is 1.06 bits per heavy atom. The second-order valence-corrected chi connectivity index (χ2v) is 11.9. The fourth-order valence-electron chi connectivity index (χ4n) is 6.76. The third-order valence-corrected chi connectivity index (χ3v) is 8.98. The highest BCUT2D eigenvalue weighted by Gasteiger charge is 2.21. The molecule has 0 unspecified atom stereocenters. The van der Waals surface area contributed by atoms with Crippen molar-refractivity contribution in [1.29, 1.82) is 0 Å². The molecule has 6 nitrogen and oxygen atoms in total. The highest BCUT2D eigenvalue weighted by atomic mass is 16.3. The summed E-state index contributed by atoms with van der Waals surface area (Å²) in [5.74, 6) is 1.76. The molecule has 0 N–H and O–H groups in total. The van der Waals surface area contributed by atoms with E-state index in [1.165, 1.54) is 0 Å². The molecule has 0 aliphatic rings. The number of hydrogen-bond acceptors (Lipinski definition) is 6. The second-order valence-electron chi connectivity index (χ2n) is 11.9. The molecule has 10 rings (SSSR count). The van der Waals surface area contributed by atoms with Gasteiger partial charge in [-0.2, -0.15) is 0 Å². The summed E-state index contributed by atoms with van der Waals surface area (Å²) in [7, 11) is 0. The molecule has 0 saturated heterocycles. The fourth-order valence-corrected chi connectivity index (χ4v) is 6.76. The van der Waals surface area contributed by atoms with Crippen LogP contribution in [-0.4, -0.2) is 19.9 Å². The van der Waals surface area contributed by atoms with Crippen molar-refractivity contribution in [2.24, 2.45) is 0 Å². The lowest BCUT2D eigenvalue weighted by Crippen LogP contribution is -2.00. The zero-order valence-corrected chi connectivity index (χ0v) is 25.5. The lowest BCUT2D eigenvalue weighted by Gasteiger charge is -2.11. The van der Waals surface area contributed by atoms with Crippen molar-refractivity contribution in [3.05, 3.63) is 146 Å². The minimum atomic E-state index is 0.563. The Morgan fingerprint density at radius 3 is 1.85 bits per heavy atom. The molecule has 0 amide bonds. The quantitative estimate of drug-likeness (QED) is 0.196. The van der Waals surface area contributed by atoms with Crippen LogP contribution in [0.1, 0.15) is 0 Å². The summed E-state index contributed by atoms with van der Waals surface area (Å²) < 4.78 is 13.0. The van der Waals surface area contributed by atoms with Gasteiger partial charge in [-0.15, -0.1) is 0 Å². The first-order valence-electron chi connectivity index (χ1n) is 15.8. The van der Waals surface area contributed by atoms with E-state index in [4.69, 9.17) is 23.8 Å². The molecule has 0 atom stereocenters. The van der Waals surface area contributed by atoms with Gasteiger partial charge < -0.3 is 8.83 Å². The average Bonchev–Trinajstić information content (AvgIpc) is 3.72.